The number of hydrogen-bond donors (Lipinski definition) is 0. The zero-order valence-corrected chi connectivity index (χ0v) is 36.8. The van der Waals surface area contributed by atoms with Gasteiger partial charge in [-0.25, -0.2) is 0 Å². The van der Waals surface area contributed by atoms with Gasteiger partial charge in [-0.15, -0.1) is 0 Å². The summed E-state index contributed by atoms with van der Waals surface area (Å²) >= 11 is -3.06. The van der Waals surface area contributed by atoms with E-state index in [-0.39, 0.29) is 32.5 Å². The summed E-state index contributed by atoms with van der Waals surface area (Å²) in [6.07, 6.45) is 0. The first-order valence-electron chi connectivity index (χ1n) is 17.9. The van der Waals surface area contributed by atoms with Crippen LogP contribution in [-0.2, 0) is 32.5 Å². The first kappa shape index (κ1) is 41.7. The average molecular weight is 825 g/mol. The van der Waals surface area contributed by atoms with Gasteiger partial charge in [-0.1, -0.05) is 0 Å². The second kappa shape index (κ2) is 14.0. The first-order valence-corrected chi connectivity index (χ1v) is 20.2. The van der Waals surface area contributed by atoms with Crippen molar-refractivity contribution in [2.45, 2.75) is 178 Å². The van der Waals surface area contributed by atoms with E-state index in [2.05, 4.69) is 182 Å². The molecule has 0 aliphatic carbocycles. The van der Waals surface area contributed by atoms with Crippen molar-refractivity contribution < 1.29 is 37.7 Å². The number of rotatable bonds is 6. The number of benzene rings is 3. The Morgan fingerprint density at radius 2 is 0.449 bits per heavy atom. The summed E-state index contributed by atoms with van der Waals surface area (Å²) in [5.74, 6) is 2.68. The van der Waals surface area contributed by atoms with Gasteiger partial charge in [0.2, 0.25) is 0 Å². The molecule has 0 fully saturated rings. The van der Waals surface area contributed by atoms with Crippen molar-refractivity contribution in [1.82, 2.24) is 0 Å². The van der Waals surface area contributed by atoms with Crippen LogP contribution in [0.15, 0.2) is 36.4 Å². The summed E-state index contributed by atoms with van der Waals surface area (Å²) in [6, 6.07) is 13.7. The Hall–Kier alpha value is -1.69. The maximum atomic E-state index is 7.42. The van der Waals surface area contributed by atoms with Gasteiger partial charge < -0.3 is 0 Å². The zero-order valence-electron chi connectivity index (χ0n) is 35.0. The quantitative estimate of drug-likeness (QED) is 0.248. The SMILES string of the molecule is Cc1cc(C(C)(C)C)c([O][Er]([O]c2c(C(C)(C)C)cc(C)cc2C(C)(C)C)[O]c2c(C(C)(C)C)cc(C)cc2C(C)(C)C)c(C(C)(C)C)c1. The van der Waals surface area contributed by atoms with Gasteiger partial charge in [-0.2, -0.15) is 0 Å². The van der Waals surface area contributed by atoms with Gasteiger partial charge in [0.1, 0.15) is 0 Å². The van der Waals surface area contributed by atoms with E-state index in [0.717, 1.165) is 17.2 Å². The zero-order chi connectivity index (χ0) is 37.9. The molecule has 0 radical (unpaired) electrons. The normalized spacial score (nSPS) is 13.8. The van der Waals surface area contributed by atoms with Crippen molar-refractivity contribution in [3.8, 4) is 17.2 Å². The molecule has 3 nitrogen and oxygen atoms in total. The van der Waals surface area contributed by atoms with Gasteiger partial charge in [0.05, 0.1) is 0 Å². The molecule has 3 aromatic rings. The Kier molecular flexibility index (Phi) is 11.9. The molecule has 0 aliphatic heterocycles. The number of aryl methyl sites for hydroxylation is 3. The van der Waals surface area contributed by atoms with Crippen LogP contribution in [0.2, 0.25) is 0 Å². The molecule has 0 heterocycles. The molecule has 3 aromatic carbocycles. The molecule has 0 aliphatic rings. The van der Waals surface area contributed by atoms with E-state index in [1.807, 2.05) is 0 Å². The summed E-state index contributed by atoms with van der Waals surface area (Å²) in [7, 11) is 0. The fourth-order valence-electron chi connectivity index (χ4n) is 6.03. The van der Waals surface area contributed by atoms with Crippen LogP contribution >= 0.6 is 0 Å². The van der Waals surface area contributed by atoms with Gasteiger partial charge in [-0.3, -0.25) is 0 Å². The molecule has 49 heavy (non-hydrogen) atoms. The molecule has 279 valence electrons. The van der Waals surface area contributed by atoms with Gasteiger partial charge in [0, 0.05) is 0 Å². The summed E-state index contributed by atoms with van der Waals surface area (Å²) in [6.45, 7) is 47.4. The number of hydrogen-bond acceptors (Lipinski definition) is 3. The van der Waals surface area contributed by atoms with Gasteiger partial charge >= 0.3 is 319 Å². The van der Waals surface area contributed by atoms with Gasteiger partial charge in [-0.05, 0) is 0 Å². The standard InChI is InChI=1S/3C15H24O.Er/c3*1-10-8-11(14(2,3)4)13(16)12(9-10)15(5,6)7;/h3*8-9,16H,1-7H3;/q;;;+3/p-3. The van der Waals surface area contributed by atoms with E-state index < -0.39 is 33.2 Å². The van der Waals surface area contributed by atoms with Crippen molar-refractivity contribution in [1.29, 1.82) is 0 Å². The van der Waals surface area contributed by atoms with Crippen LogP contribution in [0.3, 0.4) is 0 Å². The fraction of sp³-hybridized carbons (Fsp3) is 0.600. The van der Waals surface area contributed by atoms with E-state index >= 15 is 0 Å². The summed E-state index contributed by atoms with van der Waals surface area (Å²) in [5.41, 5.74) is 9.79. The second-order valence-corrected chi connectivity index (χ2v) is 22.4. The monoisotopic (exact) mass is 823 g/mol. The predicted molar refractivity (Wildman–Crippen MR) is 208 cm³/mol. The third kappa shape index (κ3) is 10.2. The van der Waals surface area contributed by atoms with Crippen LogP contribution < -0.4 is 4.49 Å². The molecule has 0 saturated heterocycles. The Balaban J connectivity index is 2.51. The third-order valence-corrected chi connectivity index (χ3v) is 10.9. The van der Waals surface area contributed by atoms with Crippen molar-refractivity contribution >= 4 is 0 Å². The molecule has 0 N–H and O–H groups in total. The molecule has 0 unspecified atom stereocenters. The molecule has 4 heteroatoms. The first-order chi connectivity index (χ1) is 21.8. The molecular weight excluding hydrogens is 756 g/mol. The molecular formula is C45H69ErO3. The maximum absolute atomic E-state index is 7.42. The van der Waals surface area contributed by atoms with Crippen LogP contribution in [0.5, 0.6) is 17.2 Å². The van der Waals surface area contributed by atoms with Crippen LogP contribution in [-0.4, -0.2) is 0 Å². The Morgan fingerprint density at radius 1 is 0.306 bits per heavy atom. The second-order valence-electron chi connectivity index (χ2n) is 20.4. The van der Waals surface area contributed by atoms with Crippen molar-refractivity contribution in [3.63, 3.8) is 0 Å². The summed E-state index contributed by atoms with van der Waals surface area (Å²) in [4.78, 5) is 0. The molecule has 0 saturated carbocycles. The van der Waals surface area contributed by atoms with E-state index in [0.29, 0.717) is 0 Å². The van der Waals surface area contributed by atoms with E-state index in [1.54, 1.807) is 0 Å². The van der Waals surface area contributed by atoms with E-state index in [1.165, 1.54) is 50.1 Å². The Morgan fingerprint density at radius 3 is 0.571 bits per heavy atom. The van der Waals surface area contributed by atoms with Crippen molar-refractivity contribution in [3.05, 3.63) is 86.5 Å². The molecule has 0 amide bonds. The topological polar surface area (TPSA) is 27.7 Å². The third-order valence-electron chi connectivity index (χ3n) is 8.87. The molecule has 0 aromatic heterocycles. The predicted octanol–water partition coefficient (Wildman–Crippen LogP) is 13.3. The van der Waals surface area contributed by atoms with Crippen LogP contribution in [0.25, 0.3) is 0 Å². The minimum absolute atomic E-state index is 0.158. The van der Waals surface area contributed by atoms with Gasteiger partial charge in [0.15, 0.2) is 0 Å². The van der Waals surface area contributed by atoms with Gasteiger partial charge in [0.25, 0.3) is 0 Å². The fourth-order valence-corrected chi connectivity index (χ4v) is 8.41. The van der Waals surface area contributed by atoms with E-state index in [4.69, 9.17) is 4.49 Å². The minimum atomic E-state index is -3.06. The van der Waals surface area contributed by atoms with E-state index in [9.17, 15) is 0 Å². The molecule has 0 atom stereocenters. The molecule has 0 bridgehead atoms. The van der Waals surface area contributed by atoms with Crippen molar-refractivity contribution in [2.75, 3.05) is 0 Å². The Labute approximate surface area is 317 Å². The van der Waals surface area contributed by atoms with Crippen LogP contribution in [0.1, 0.15) is 175 Å². The van der Waals surface area contributed by atoms with Crippen LogP contribution in [0.4, 0.5) is 0 Å². The summed E-state index contributed by atoms with van der Waals surface area (Å²) in [5, 5.41) is 0. The average Bonchev–Trinajstić information content (AvgIpc) is 2.87. The molecule has 3 rings (SSSR count). The Bertz CT molecular complexity index is 1350. The molecule has 0 spiro atoms. The summed E-state index contributed by atoms with van der Waals surface area (Å²) < 4.78 is 22.3. The van der Waals surface area contributed by atoms with Crippen LogP contribution in [0, 0.1) is 53.9 Å². The van der Waals surface area contributed by atoms with Crippen molar-refractivity contribution in [2.24, 2.45) is 0 Å².